The van der Waals surface area contributed by atoms with E-state index in [1.54, 1.807) is 0 Å². The van der Waals surface area contributed by atoms with E-state index in [1.165, 1.54) is 51.4 Å². The Bertz CT molecular complexity index is 1060. The Morgan fingerprint density at radius 2 is 1.05 bits per heavy atom. The van der Waals surface area contributed by atoms with Gasteiger partial charge in [-0.3, -0.25) is 9.59 Å². The third-order valence-corrected chi connectivity index (χ3v) is 9.69. The van der Waals surface area contributed by atoms with Crippen molar-refractivity contribution in [3.63, 3.8) is 0 Å². The lowest BCUT2D eigenvalue weighted by molar-refractivity contribution is -0.298. The van der Waals surface area contributed by atoms with E-state index in [9.17, 15) is 34.8 Å². The van der Waals surface area contributed by atoms with Gasteiger partial charge in [0.25, 0.3) is 0 Å². The van der Waals surface area contributed by atoms with Crippen LogP contribution in [-0.4, -0.2) is 88.4 Å². The van der Waals surface area contributed by atoms with Gasteiger partial charge in [-0.05, 0) is 64.2 Å². The van der Waals surface area contributed by atoms with Crippen LogP contribution in [0.1, 0.15) is 174 Å². The first-order valence-corrected chi connectivity index (χ1v) is 21.5. The number of carbonyl (C=O) groups is 3. The second-order valence-electron chi connectivity index (χ2n) is 14.8. The Hall–Kier alpha value is -2.57. The molecule has 11 nitrogen and oxygen atoms in total. The fourth-order valence-electron chi connectivity index (χ4n) is 6.26. The predicted molar refractivity (Wildman–Crippen MR) is 215 cm³/mol. The first-order chi connectivity index (χ1) is 26.7. The summed E-state index contributed by atoms with van der Waals surface area (Å²) in [5, 5.41) is 39.7. The van der Waals surface area contributed by atoms with Gasteiger partial charge in [0.05, 0.1) is 6.61 Å². The second kappa shape index (κ2) is 34.7. The molecule has 6 atom stereocenters. The van der Waals surface area contributed by atoms with E-state index in [1.807, 2.05) is 0 Å². The normalized spacial score (nSPS) is 20.8. The highest BCUT2D eigenvalue weighted by molar-refractivity contribution is 5.73. The second-order valence-corrected chi connectivity index (χ2v) is 14.8. The van der Waals surface area contributed by atoms with E-state index < -0.39 is 61.3 Å². The summed E-state index contributed by atoms with van der Waals surface area (Å²) in [7, 11) is 0. The standard InChI is InChI=1S/C44H76O11/c1-3-5-7-9-11-13-15-17-18-19-21-23-25-27-29-31-33-38(46)54-36(35-53-44-41(49)39(47)40(48)42(55-44)43(50)51)34-52-37(45)32-30-28-26-24-22-20-16-14-12-10-8-6-4-2/h8,10,14,16,18-19,36,39-42,44,47-49H,3-7,9,11-13,15,17,20-35H2,1-2H3,(H,50,51)/b10-8-,16-14-,19-18-. The molecule has 1 heterocycles. The highest BCUT2D eigenvalue weighted by atomic mass is 16.7. The number of rotatable bonds is 35. The molecule has 318 valence electrons. The summed E-state index contributed by atoms with van der Waals surface area (Å²) in [6.45, 7) is 3.72. The summed E-state index contributed by atoms with van der Waals surface area (Å²) in [4.78, 5) is 36.7. The maximum atomic E-state index is 12.7. The Morgan fingerprint density at radius 1 is 0.564 bits per heavy atom. The topological polar surface area (TPSA) is 169 Å². The predicted octanol–water partition coefficient (Wildman–Crippen LogP) is 8.81. The molecule has 0 aromatic rings. The van der Waals surface area contributed by atoms with Gasteiger partial charge in [-0.1, -0.05) is 134 Å². The van der Waals surface area contributed by atoms with Crippen LogP contribution in [0.25, 0.3) is 0 Å². The van der Waals surface area contributed by atoms with Crippen molar-refractivity contribution in [3.05, 3.63) is 36.5 Å². The third kappa shape index (κ3) is 26.8. The van der Waals surface area contributed by atoms with Crippen LogP contribution in [0.15, 0.2) is 36.5 Å². The highest BCUT2D eigenvalue weighted by Crippen LogP contribution is 2.23. The lowest BCUT2D eigenvalue weighted by Crippen LogP contribution is -2.60. The number of carboxylic acids is 1. The third-order valence-electron chi connectivity index (χ3n) is 9.69. The molecule has 0 aliphatic carbocycles. The van der Waals surface area contributed by atoms with E-state index in [2.05, 4.69) is 50.3 Å². The van der Waals surface area contributed by atoms with Crippen molar-refractivity contribution in [1.29, 1.82) is 0 Å². The van der Waals surface area contributed by atoms with Gasteiger partial charge in [0.1, 0.15) is 24.9 Å². The zero-order valence-corrected chi connectivity index (χ0v) is 34.2. The van der Waals surface area contributed by atoms with Crippen molar-refractivity contribution in [2.45, 2.75) is 211 Å². The molecule has 1 aliphatic heterocycles. The molecule has 0 amide bonds. The van der Waals surface area contributed by atoms with E-state index >= 15 is 0 Å². The Kier molecular flexibility index (Phi) is 31.8. The average Bonchev–Trinajstić information content (AvgIpc) is 3.17. The molecule has 1 fully saturated rings. The van der Waals surface area contributed by atoms with Gasteiger partial charge in [-0.2, -0.15) is 0 Å². The molecule has 0 spiro atoms. The van der Waals surface area contributed by atoms with Crippen molar-refractivity contribution in [1.82, 2.24) is 0 Å². The summed E-state index contributed by atoms with van der Waals surface area (Å²) in [6, 6.07) is 0. The quantitative estimate of drug-likeness (QED) is 0.0275. The minimum Gasteiger partial charge on any atom is -0.479 e. The summed E-state index contributed by atoms with van der Waals surface area (Å²) < 4.78 is 21.7. The molecule has 55 heavy (non-hydrogen) atoms. The zero-order chi connectivity index (χ0) is 40.4. The molecular formula is C44H76O11. The maximum Gasteiger partial charge on any atom is 0.335 e. The number of carbonyl (C=O) groups excluding carboxylic acids is 2. The first-order valence-electron chi connectivity index (χ1n) is 21.5. The molecule has 11 heteroatoms. The van der Waals surface area contributed by atoms with E-state index in [4.69, 9.17) is 18.9 Å². The zero-order valence-electron chi connectivity index (χ0n) is 34.2. The van der Waals surface area contributed by atoms with Crippen molar-refractivity contribution in [3.8, 4) is 0 Å². The number of aliphatic hydroxyl groups excluding tert-OH is 3. The number of unbranched alkanes of at least 4 members (excludes halogenated alkanes) is 18. The first kappa shape index (κ1) is 50.4. The molecule has 4 N–H and O–H groups in total. The lowest BCUT2D eigenvalue weighted by atomic mass is 9.99. The Labute approximate surface area is 331 Å². The molecule has 0 aromatic carbocycles. The van der Waals surface area contributed by atoms with E-state index in [0.717, 1.165) is 83.5 Å². The van der Waals surface area contributed by atoms with Crippen molar-refractivity contribution in [2.75, 3.05) is 13.2 Å². The number of ether oxygens (including phenoxy) is 4. The van der Waals surface area contributed by atoms with Crippen LogP contribution in [0, 0.1) is 0 Å². The summed E-state index contributed by atoms with van der Waals surface area (Å²) in [5.41, 5.74) is 0. The van der Waals surface area contributed by atoms with E-state index in [-0.39, 0.29) is 19.4 Å². The fourth-order valence-corrected chi connectivity index (χ4v) is 6.26. The number of carboxylic acid groups (broad SMARTS) is 1. The van der Waals surface area contributed by atoms with E-state index in [0.29, 0.717) is 12.8 Å². The molecule has 0 bridgehead atoms. The van der Waals surface area contributed by atoms with Gasteiger partial charge < -0.3 is 39.4 Å². The highest BCUT2D eigenvalue weighted by Gasteiger charge is 2.47. The van der Waals surface area contributed by atoms with Crippen LogP contribution in [0.5, 0.6) is 0 Å². The summed E-state index contributed by atoms with van der Waals surface area (Å²) >= 11 is 0. The van der Waals surface area contributed by atoms with Crippen LogP contribution in [-0.2, 0) is 33.3 Å². The molecule has 6 unspecified atom stereocenters. The minimum atomic E-state index is -1.86. The molecular weight excluding hydrogens is 704 g/mol. The monoisotopic (exact) mass is 781 g/mol. The minimum absolute atomic E-state index is 0.170. The van der Waals surface area contributed by atoms with Crippen LogP contribution in [0.4, 0.5) is 0 Å². The van der Waals surface area contributed by atoms with Crippen LogP contribution in [0.2, 0.25) is 0 Å². The van der Waals surface area contributed by atoms with Gasteiger partial charge in [0.2, 0.25) is 0 Å². The number of allylic oxidation sites excluding steroid dienone is 6. The summed E-state index contributed by atoms with van der Waals surface area (Å²) in [6.07, 6.45) is 29.1. The van der Waals surface area contributed by atoms with Crippen LogP contribution < -0.4 is 0 Å². The lowest BCUT2D eigenvalue weighted by Gasteiger charge is -2.38. The number of hydrogen-bond donors (Lipinski definition) is 4. The van der Waals surface area contributed by atoms with Gasteiger partial charge in [0.15, 0.2) is 18.5 Å². The SMILES string of the molecule is CCC/C=C\C/C=C\CCCCCCCC(=O)OCC(COC1OC(C(=O)O)C(O)C(O)C1O)OC(=O)CCCCCCC/C=C\CCCCCCCCC. The number of aliphatic carboxylic acids is 1. The molecule has 0 saturated carbocycles. The number of aliphatic hydroxyl groups is 3. The molecule has 1 aliphatic rings. The molecule has 1 rings (SSSR count). The molecule has 1 saturated heterocycles. The molecule has 0 radical (unpaired) electrons. The van der Waals surface area contributed by atoms with Crippen molar-refractivity contribution >= 4 is 17.9 Å². The average molecular weight is 781 g/mol. The van der Waals surface area contributed by atoms with Gasteiger partial charge in [-0.15, -0.1) is 0 Å². The van der Waals surface area contributed by atoms with Gasteiger partial charge in [-0.25, -0.2) is 4.79 Å². The fraction of sp³-hybridized carbons (Fsp3) is 0.795. The Balaban J connectivity index is 2.41. The maximum absolute atomic E-state index is 12.7. The molecule has 0 aromatic heterocycles. The van der Waals surface area contributed by atoms with Gasteiger partial charge in [0, 0.05) is 12.8 Å². The smallest absolute Gasteiger partial charge is 0.335 e. The van der Waals surface area contributed by atoms with Crippen LogP contribution in [0.3, 0.4) is 0 Å². The Morgan fingerprint density at radius 3 is 1.60 bits per heavy atom. The van der Waals surface area contributed by atoms with Crippen molar-refractivity contribution < 1.29 is 53.8 Å². The van der Waals surface area contributed by atoms with Gasteiger partial charge >= 0.3 is 17.9 Å². The largest absolute Gasteiger partial charge is 0.479 e. The number of hydrogen-bond acceptors (Lipinski definition) is 10. The van der Waals surface area contributed by atoms with Crippen molar-refractivity contribution in [2.24, 2.45) is 0 Å². The van der Waals surface area contributed by atoms with Crippen LogP contribution >= 0.6 is 0 Å². The number of esters is 2. The summed E-state index contributed by atoms with van der Waals surface area (Å²) in [5.74, 6) is -2.47.